The van der Waals surface area contributed by atoms with Crippen LogP contribution in [0.25, 0.3) is 0 Å². The van der Waals surface area contributed by atoms with Crippen LogP contribution in [0.5, 0.6) is 5.75 Å². The lowest BCUT2D eigenvalue weighted by Gasteiger charge is -2.12. The molecule has 6 heteroatoms. The molecule has 0 aromatic heterocycles. The van der Waals surface area contributed by atoms with Crippen LogP contribution in [0.15, 0.2) is 42.5 Å². The summed E-state index contributed by atoms with van der Waals surface area (Å²) in [4.78, 5) is 12.2. The largest absolute Gasteiger partial charge is 0.490 e. The van der Waals surface area contributed by atoms with Gasteiger partial charge in [0.2, 0.25) is 0 Å². The van der Waals surface area contributed by atoms with E-state index in [2.05, 4.69) is 5.32 Å². The zero-order valence-corrected chi connectivity index (χ0v) is 11.9. The fraction of sp³-hybridized carbons (Fsp3) is 0.188. The minimum absolute atomic E-state index is 0.224. The van der Waals surface area contributed by atoms with Crippen LogP contribution < -0.4 is 10.1 Å². The van der Waals surface area contributed by atoms with E-state index in [1.165, 1.54) is 13.2 Å². The van der Waals surface area contributed by atoms with E-state index in [0.717, 1.165) is 18.2 Å². The maximum absolute atomic E-state index is 13.6. The first-order valence-corrected chi connectivity index (χ1v) is 6.59. The molecule has 0 heterocycles. The molecule has 0 unspecified atom stereocenters. The summed E-state index contributed by atoms with van der Waals surface area (Å²) >= 11 is 0. The van der Waals surface area contributed by atoms with Crippen molar-refractivity contribution in [3.8, 4) is 5.75 Å². The van der Waals surface area contributed by atoms with Crippen molar-refractivity contribution in [2.75, 3.05) is 25.6 Å². The second-order valence-corrected chi connectivity index (χ2v) is 4.42. The Morgan fingerprint density at radius 3 is 2.68 bits per heavy atom. The highest BCUT2D eigenvalue weighted by Gasteiger charge is 2.14. The molecule has 0 aliphatic carbocycles. The summed E-state index contributed by atoms with van der Waals surface area (Å²) in [5.41, 5.74) is -0.000964. The predicted octanol–water partition coefficient (Wildman–Crippen LogP) is 3.24. The molecule has 4 nitrogen and oxygen atoms in total. The van der Waals surface area contributed by atoms with Gasteiger partial charge in [-0.2, -0.15) is 0 Å². The van der Waals surface area contributed by atoms with Gasteiger partial charge < -0.3 is 14.8 Å². The molecule has 1 amide bonds. The summed E-state index contributed by atoms with van der Waals surface area (Å²) in [7, 11) is 1.54. The van der Waals surface area contributed by atoms with Crippen molar-refractivity contribution in [2.45, 2.75) is 0 Å². The molecule has 0 aliphatic rings. The van der Waals surface area contributed by atoms with Crippen LogP contribution in [0.2, 0.25) is 0 Å². The normalized spacial score (nSPS) is 10.3. The third-order valence-corrected chi connectivity index (χ3v) is 2.85. The average Bonchev–Trinajstić information content (AvgIpc) is 2.51. The molecule has 2 rings (SSSR count). The number of ether oxygens (including phenoxy) is 2. The lowest BCUT2D eigenvalue weighted by atomic mass is 10.2. The van der Waals surface area contributed by atoms with Crippen LogP contribution >= 0.6 is 0 Å². The number of carbonyl (C=O) groups excluding carboxylic acids is 1. The molecular formula is C16H15F2NO3. The summed E-state index contributed by atoms with van der Waals surface area (Å²) in [6.07, 6.45) is 0. The van der Waals surface area contributed by atoms with Crippen LogP contribution in [0.4, 0.5) is 14.5 Å². The van der Waals surface area contributed by atoms with Crippen LogP contribution in [0.1, 0.15) is 10.4 Å². The quantitative estimate of drug-likeness (QED) is 0.833. The lowest BCUT2D eigenvalue weighted by molar-refractivity contribution is 0.101. The van der Waals surface area contributed by atoms with E-state index in [-0.39, 0.29) is 17.9 Å². The Kier molecular flexibility index (Phi) is 5.43. The van der Waals surface area contributed by atoms with E-state index in [9.17, 15) is 13.6 Å². The van der Waals surface area contributed by atoms with Crippen LogP contribution in [0.3, 0.4) is 0 Å². The number of nitrogens with one attached hydrogen (secondary N) is 1. The van der Waals surface area contributed by atoms with Gasteiger partial charge in [0.1, 0.15) is 24.0 Å². The Morgan fingerprint density at radius 2 is 1.91 bits per heavy atom. The average molecular weight is 307 g/mol. The van der Waals surface area contributed by atoms with Gasteiger partial charge in [-0.15, -0.1) is 0 Å². The van der Waals surface area contributed by atoms with Crippen molar-refractivity contribution in [1.29, 1.82) is 0 Å². The number of anilines is 1. The van der Waals surface area contributed by atoms with Gasteiger partial charge in [0.15, 0.2) is 0 Å². The maximum atomic E-state index is 13.6. The van der Waals surface area contributed by atoms with Gasteiger partial charge in [-0.05, 0) is 24.3 Å². The summed E-state index contributed by atoms with van der Waals surface area (Å²) < 4.78 is 37.0. The van der Waals surface area contributed by atoms with E-state index in [0.29, 0.717) is 12.4 Å². The number of benzene rings is 2. The molecule has 0 fully saturated rings. The smallest absolute Gasteiger partial charge is 0.259 e. The van der Waals surface area contributed by atoms with Gasteiger partial charge in [0.05, 0.1) is 17.9 Å². The van der Waals surface area contributed by atoms with E-state index in [1.807, 2.05) is 0 Å². The van der Waals surface area contributed by atoms with Gasteiger partial charge in [-0.1, -0.05) is 12.1 Å². The summed E-state index contributed by atoms with van der Waals surface area (Å²) in [6.45, 7) is 0.642. The molecule has 1 N–H and O–H groups in total. The van der Waals surface area contributed by atoms with Crippen molar-refractivity contribution < 1.29 is 23.0 Å². The van der Waals surface area contributed by atoms with E-state index in [1.54, 1.807) is 18.2 Å². The minimum Gasteiger partial charge on any atom is -0.490 e. The molecule has 0 saturated carbocycles. The molecule has 0 saturated heterocycles. The Labute approximate surface area is 126 Å². The Hall–Kier alpha value is -2.47. The van der Waals surface area contributed by atoms with Gasteiger partial charge >= 0.3 is 0 Å². The van der Waals surface area contributed by atoms with Gasteiger partial charge in [0, 0.05) is 13.2 Å². The standard InChI is InChI=1S/C16H15F2NO3/c1-21-8-9-22-15-5-3-2-4-12(15)16(20)19-14-10-11(17)6-7-13(14)18/h2-7,10H,8-9H2,1H3,(H,19,20). The predicted molar refractivity (Wildman–Crippen MR) is 78.1 cm³/mol. The zero-order chi connectivity index (χ0) is 15.9. The lowest BCUT2D eigenvalue weighted by Crippen LogP contribution is -2.15. The first-order valence-electron chi connectivity index (χ1n) is 6.59. The number of rotatable bonds is 6. The maximum Gasteiger partial charge on any atom is 0.259 e. The van der Waals surface area contributed by atoms with Gasteiger partial charge in [0.25, 0.3) is 5.91 Å². The first kappa shape index (κ1) is 15.9. The van der Waals surface area contributed by atoms with Crippen molar-refractivity contribution in [3.05, 3.63) is 59.7 Å². The Bertz CT molecular complexity index is 662. The third kappa shape index (κ3) is 4.02. The third-order valence-electron chi connectivity index (χ3n) is 2.85. The highest BCUT2D eigenvalue weighted by molar-refractivity contribution is 6.06. The van der Waals surface area contributed by atoms with Crippen LogP contribution in [-0.4, -0.2) is 26.2 Å². The number of hydrogen-bond acceptors (Lipinski definition) is 3. The SMILES string of the molecule is COCCOc1ccccc1C(=O)Nc1cc(F)ccc1F. The van der Waals surface area contributed by atoms with E-state index in [4.69, 9.17) is 9.47 Å². The van der Waals surface area contributed by atoms with Gasteiger partial charge in [-0.25, -0.2) is 8.78 Å². The monoisotopic (exact) mass is 307 g/mol. The molecule has 0 spiro atoms. The van der Waals surface area contributed by atoms with Crippen LogP contribution in [-0.2, 0) is 4.74 Å². The Morgan fingerprint density at radius 1 is 1.14 bits per heavy atom. The topological polar surface area (TPSA) is 47.6 Å². The Balaban J connectivity index is 2.17. The first-order chi connectivity index (χ1) is 10.6. The van der Waals surface area contributed by atoms with Crippen molar-refractivity contribution >= 4 is 11.6 Å². The highest BCUT2D eigenvalue weighted by atomic mass is 19.1. The molecule has 0 bridgehead atoms. The van der Waals surface area contributed by atoms with Gasteiger partial charge in [-0.3, -0.25) is 4.79 Å². The number of halogens is 2. The number of hydrogen-bond donors (Lipinski definition) is 1. The number of amides is 1. The summed E-state index contributed by atoms with van der Waals surface area (Å²) in [6, 6.07) is 9.36. The van der Waals surface area contributed by atoms with Crippen molar-refractivity contribution in [3.63, 3.8) is 0 Å². The fourth-order valence-corrected chi connectivity index (χ4v) is 1.80. The molecule has 2 aromatic carbocycles. The number of carbonyl (C=O) groups is 1. The highest BCUT2D eigenvalue weighted by Crippen LogP contribution is 2.21. The molecule has 0 radical (unpaired) electrons. The fourth-order valence-electron chi connectivity index (χ4n) is 1.80. The molecule has 2 aromatic rings. The van der Waals surface area contributed by atoms with Crippen molar-refractivity contribution in [2.24, 2.45) is 0 Å². The summed E-state index contributed by atoms with van der Waals surface area (Å²) in [5, 5.41) is 2.33. The zero-order valence-electron chi connectivity index (χ0n) is 11.9. The molecule has 0 atom stereocenters. The number of para-hydroxylation sites is 1. The molecular weight excluding hydrogens is 292 g/mol. The van der Waals surface area contributed by atoms with E-state index < -0.39 is 17.5 Å². The second kappa shape index (κ2) is 7.51. The molecule has 0 aliphatic heterocycles. The molecule has 116 valence electrons. The molecule has 22 heavy (non-hydrogen) atoms. The second-order valence-electron chi connectivity index (χ2n) is 4.42. The van der Waals surface area contributed by atoms with Crippen LogP contribution in [0, 0.1) is 11.6 Å². The van der Waals surface area contributed by atoms with E-state index >= 15 is 0 Å². The summed E-state index contributed by atoms with van der Waals surface area (Å²) in [5.74, 6) is -1.60. The minimum atomic E-state index is -0.715. The van der Waals surface area contributed by atoms with Crippen molar-refractivity contribution in [1.82, 2.24) is 0 Å². The number of methoxy groups -OCH3 is 1.